The van der Waals surface area contributed by atoms with Gasteiger partial charge in [-0.2, -0.15) is 13.2 Å². The number of hydrogen-bond acceptors (Lipinski definition) is 6. The second kappa shape index (κ2) is 15.2. The number of alkyl halides is 3. The minimum absolute atomic E-state index is 0.110. The summed E-state index contributed by atoms with van der Waals surface area (Å²) in [5.74, 6) is 0.681. The normalized spacial score (nSPS) is 12.4. The van der Waals surface area contributed by atoms with Gasteiger partial charge in [-0.05, 0) is 56.3 Å². The van der Waals surface area contributed by atoms with E-state index in [1.54, 1.807) is 4.90 Å². The number of rotatable bonds is 12. The second-order valence-electron chi connectivity index (χ2n) is 12.7. The first-order chi connectivity index (χ1) is 25.8. The molecule has 0 aliphatic carbocycles. The van der Waals surface area contributed by atoms with Gasteiger partial charge in [0.1, 0.15) is 11.4 Å². The molecular weight excluding hydrogens is 674 g/mol. The molecule has 10 heteroatoms. The van der Waals surface area contributed by atoms with Crippen LogP contribution in [-0.2, 0) is 12.1 Å². The molecule has 0 aliphatic heterocycles. The Kier molecular flexibility index (Phi) is 10.1. The Labute approximate surface area is 306 Å². The summed E-state index contributed by atoms with van der Waals surface area (Å²) in [5.41, 5.74) is 5.29. The van der Waals surface area contributed by atoms with E-state index < -0.39 is 17.8 Å². The fourth-order valence-electron chi connectivity index (χ4n) is 7.02. The number of halogens is 3. The van der Waals surface area contributed by atoms with Crippen LogP contribution in [0.15, 0.2) is 158 Å². The van der Waals surface area contributed by atoms with Gasteiger partial charge < -0.3 is 10.0 Å². The summed E-state index contributed by atoms with van der Waals surface area (Å²) in [7, 11) is 0. The number of anilines is 1. The molecule has 0 aliphatic rings. The summed E-state index contributed by atoms with van der Waals surface area (Å²) >= 11 is 0. The molecule has 2 heterocycles. The van der Waals surface area contributed by atoms with E-state index in [0.29, 0.717) is 25.3 Å². The lowest BCUT2D eigenvalue weighted by molar-refractivity contribution is -0.206. The van der Waals surface area contributed by atoms with Gasteiger partial charge in [-0.3, -0.25) is 0 Å². The molecule has 0 saturated heterocycles. The van der Waals surface area contributed by atoms with Crippen LogP contribution in [0.4, 0.5) is 19.0 Å². The average Bonchev–Trinajstić information content (AvgIpc) is 3.69. The number of benzene rings is 5. The van der Waals surface area contributed by atoms with Crippen molar-refractivity contribution in [2.75, 3.05) is 11.4 Å². The van der Waals surface area contributed by atoms with Crippen LogP contribution in [0.1, 0.15) is 47.3 Å². The standard InChI is InChI=1S/C43H37F3N6O/c1-2-29-51(40-38(23-14-28-47-40)39(53)43(44,45)46)30-31-24-26-32(27-25-31)36-21-12-13-22-37(36)41-48-49-50-52(41)42(33-15-6-3-7-16-33,34-17-8-4-9-18-34)35-19-10-5-11-20-35/h3-28,39,53H,2,29-30H2,1H3. The van der Waals surface area contributed by atoms with Crippen molar-refractivity contribution in [1.29, 1.82) is 0 Å². The highest BCUT2D eigenvalue weighted by molar-refractivity contribution is 5.81. The van der Waals surface area contributed by atoms with Crippen LogP contribution in [0.25, 0.3) is 22.5 Å². The van der Waals surface area contributed by atoms with Crippen LogP contribution >= 0.6 is 0 Å². The van der Waals surface area contributed by atoms with Crippen LogP contribution in [-0.4, -0.2) is 43.0 Å². The predicted molar refractivity (Wildman–Crippen MR) is 200 cm³/mol. The smallest absolute Gasteiger partial charge is 0.379 e. The molecule has 1 atom stereocenters. The van der Waals surface area contributed by atoms with Gasteiger partial charge in [-0.15, -0.1) is 5.10 Å². The number of pyridine rings is 1. The fraction of sp³-hybridized carbons (Fsp3) is 0.163. The molecule has 7 rings (SSSR count). The van der Waals surface area contributed by atoms with Crippen LogP contribution in [0.3, 0.4) is 0 Å². The molecule has 0 radical (unpaired) electrons. The van der Waals surface area contributed by atoms with Crippen molar-refractivity contribution in [2.24, 2.45) is 0 Å². The number of aliphatic hydroxyl groups excluding tert-OH is 1. The van der Waals surface area contributed by atoms with Gasteiger partial charge in [-0.1, -0.05) is 153 Å². The van der Waals surface area contributed by atoms with Gasteiger partial charge in [0.15, 0.2) is 11.9 Å². The summed E-state index contributed by atoms with van der Waals surface area (Å²) in [6, 6.07) is 49.2. The van der Waals surface area contributed by atoms with Crippen LogP contribution in [0.2, 0.25) is 0 Å². The lowest BCUT2D eigenvalue weighted by atomic mass is 9.77. The van der Waals surface area contributed by atoms with Crippen molar-refractivity contribution >= 4 is 5.82 Å². The van der Waals surface area contributed by atoms with E-state index in [9.17, 15) is 18.3 Å². The molecule has 7 aromatic rings. The molecule has 0 spiro atoms. The van der Waals surface area contributed by atoms with Crippen molar-refractivity contribution < 1.29 is 18.3 Å². The maximum Gasteiger partial charge on any atom is 0.418 e. The Bertz CT molecular complexity index is 2150. The first-order valence-corrected chi connectivity index (χ1v) is 17.4. The van der Waals surface area contributed by atoms with Gasteiger partial charge >= 0.3 is 6.18 Å². The topological polar surface area (TPSA) is 80.0 Å². The highest BCUT2D eigenvalue weighted by Crippen LogP contribution is 2.43. The summed E-state index contributed by atoms with van der Waals surface area (Å²) in [6.07, 6.45) is -5.33. The largest absolute Gasteiger partial charge is 0.418 e. The van der Waals surface area contributed by atoms with E-state index >= 15 is 0 Å². The Morgan fingerprint density at radius 1 is 0.679 bits per heavy atom. The van der Waals surface area contributed by atoms with Crippen molar-refractivity contribution in [1.82, 2.24) is 25.2 Å². The lowest BCUT2D eigenvalue weighted by Gasteiger charge is -2.36. The third-order valence-corrected chi connectivity index (χ3v) is 9.38. The Hall–Kier alpha value is -6.13. The molecule has 7 nitrogen and oxygen atoms in total. The average molecular weight is 711 g/mol. The van der Waals surface area contributed by atoms with Gasteiger partial charge in [0.05, 0.1) is 0 Å². The minimum atomic E-state index is -4.81. The van der Waals surface area contributed by atoms with E-state index in [-0.39, 0.29) is 11.4 Å². The molecule has 53 heavy (non-hydrogen) atoms. The molecule has 1 unspecified atom stereocenters. The third-order valence-electron chi connectivity index (χ3n) is 9.38. The molecule has 0 saturated carbocycles. The third kappa shape index (κ3) is 6.93. The molecular formula is C43H37F3N6O. The maximum absolute atomic E-state index is 13.6. The fourth-order valence-corrected chi connectivity index (χ4v) is 7.02. The van der Waals surface area contributed by atoms with Crippen molar-refractivity contribution in [2.45, 2.75) is 37.7 Å². The summed E-state index contributed by atoms with van der Waals surface area (Å²) in [4.78, 5) is 6.05. The zero-order valence-corrected chi connectivity index (χ0v) is 29.0. The predicted octanol–water partition coefficient (Wildman–Crippen LogP) is 9.25. The number of tetrazole rings is 1. The van der Waals surface area contributed by atoms with E-state index in [2.05, 4.69) is 51.7 Å². The first kappa shape index (κ1) is 35.3. The molecule has 266 valence electrons. The molecule has 2 aromatic heterocycles. The Morgan fingerprint density at radius 3 is 1.77 bits per heavy atom. The Morgan fingerprint density at radius 2 is 1.23 bits per heavy atom. The van der Waals surface area contributed by atoms with Crippen molar-refractivity contribution in [3.8, 4) is 22.5 Å². The van der Waals surface area contributed by atoms with E-state index in [1.165, 1.54) is 18.3 Å². The van der Waals surface area contributed by atoms with Crippen molar-refractivity contribution in [3.05, 3.63) is 186 Å². The molecule has 0 bridgehead atoms. The Balaban J connectivity index is 1.30. The van der Waals surface area contributed by atoms with Crippen LogP contribution in [0.5, 0.6) is 0 Å². The number of hydrogen-bond donors (Lipinski definition) is 1. The van der Waals surface area contributed by atoms with Gasteiger partial charge in [0.2, 0.25) is 0 Å². The van der Waals surface area contributed by atoms with Crippen LogP contribution in [0, 0.1) is 0 Å². The molecule has 0 fully saturated rings. The highest BCUT2D eigenvalue weighted by atomic mass is 19.4. The molecule has 1 N–H and O–H groups in total. The number of aliphatic hydroxyl groups is 1. The molecule has 0 amide bonds. The van der Waals surface area contributed by atoms with Crippen LogP contribution < -0.4 is 4.90 Å². The highest BCUT2D eigenvalue weighted by Gasteiger charge is 2.43. The second-order valence-corrected chi connectivity index (χ2v) is 12.7. The quantitative estimate of drug-likeness (QED) is 0.127. The van der Waals surface area contributed by atoms with Crippen molar-refractivity contribution in [3.63, 3.8) is 0 Å². The SMILES string of the molecule is CCCN(Cc1ccc(-c2ccccc2-c2nnnn2C(c2ccccc2)(c2ccccc2)c2ccccc2)cc1)c1ncccc1C(O)C(F)(F)F. The maximum atomic E-state index is 13.6. The minimum Gasteiger partial charge on any atom is -0.379 e. The number of aromatic nitrogens is 5. The summed E-state index contributed by atoms with van der Waals surface area (Å²) in [6.45, 7) is 2.70. The first-order valence-electron chi connectivity index (χ1n) is 17.4. The zero-order chi connectivity index (χ0) is 36.8. The van der Waals surface area contributed by atoms with E-state index in [4.69, 9.17) is 5.21 Å². The lowest BCUT2D eigenvalue weighted by Crippen LogP contribution is -2.39. The molecule has 5 aromatic carbocycles. The van der Waals surface area contributed by atoms with Gasteiger partial charge in [0, 0.05) is 30.4 Å². The summed E-state index contributed by atoms with van der Waals surface area (Å²) in [5, 5.41) is 23.8. The zero-order valence-electron chi connectivity index (χ0n) is 29.0. The van der Waals surface area contributed by atoms with E-state index in [0.717, 1.165) is 38.9 Å². The summed E-state index contributed by atoms with van der Waals surface area (Å²) < 4.78 is 42.6. The van der Waals surface area contributed by atoms with Gasteiger partial charge in [0.25, 0.3) is 0 Å². The van der Waals surface area contributed by atoms with Gasteiger partial charge in [-0.25, -0.2) is 9.67 Å². The van der Waals surface area contributed by atoms with E-state index in [1.807, 2.05) is 115 Å². The monoisotopic (exact) mass is 710 g/mol. The number of nitrogens with zero attached hydrogens (tertiary/aromatic N) is 6.